The molecule has 17 heavy (non-hydrogen) atoms. The number of nitrogens with zero attached hydrogens (tertiary/aromatic N) is 1. The van der Waals surface area contributed by atoms with Crippen LogP contribution in [0.1, 0.15) is 19.3 Å². The molecular formula is C10H16N2O4S. The zero-order valence-electron chi connectivity index (χ0n) is 9.48. The molecule has 1 heterocycles. The highest BCUT2D eigenvalue weighted by molar-refractivity contribution is 8.13. The molecule has 0 aromatic heterocycles. The van der Waals surface area contributed by atoms with E-state index in [9.17, 15) is 14.4 Å². The first kappa shape index (κ1) is 13.8. The first-order valence-corrected chi connectivity index (χ1v) is 6.48. The number of carboxylic acids is 1. The lowest BCUT2D eigenvalue weighted by Crippen LogP contribution is -2.31. The van der Waals surface area contributed by atoms with Gasteiger partial charge in [0.25, 0.3) is 5.24 Å². The Kier molecular flexibility index (Phi) is 5.82. The number of aliphatic carboxylic acids is 1. The highest BCUT2D eigenvalue weighted by Crippen LogP contribution is 2.16. The fraction of sp³-hybridized carbons (Fsp3) is 0.700. The Morgan fingerprint density at radius 3 is 2.76 bits per heavy atom. The van der Waals surface area contributed by atoms with Crippen LogP contribution in [0.4, 0.5) is 4.79 Å². The molecule has 0 radical (unpaired) electrons. The average Bonchev–Trinajstić information content (AvgIpc) is 2.67. The van der Waals surface area contributed by atoms with Crippen LogP contribution in [0.3, 0.4) is 0 Å². The molecule has 0 bridgehead atoms. The lowest BCUT2D eigenvalue weighted by atomic mass is 10.3. The van der Waals surface area contributed by atoms with Gasteiger partial charge in [0.2, 0.25) is 5.91 Å². The molecule has 0 aliphatic carbocycles. The van der Waals surface area contributed by atoms with Crippen LogP contribution in [0.5, 0.6) is 0 Å². The number of thioether (sulfide) groups is 1. The van der Waals surface area contributed by atoms with E-state index in [4.69, 9.17) is 5.11 Å². The highest BCUT2D eigenvalue weighted by Gasteiger charge is 2.21. The number of hydrogen-bond acceptors (Lipinski definition) is 4. The molecule has 0 saturated carbocycles. The van der Waals surface area contributed by atoms with E-state index in [0.717, 1.165) is 5.75 Å². The number of rotatable bonds is 7. The van der Waals surface area contributed by atoms with Crippen molar-refractivity contribution >= 4 is 28.9 Å². The first-order valence-electron chi connectivity index (χ1n) is 5.50. The van der Waals surface area contributed by atoms with Crippen molar-refractivity contribution in [2.45, 2.75) is 19.3 Å². The summed E-state index contributed by atoms with van der Waals surface area (Å²) < 4.78 is 0. The van der Waals surface area contributed by atoms with Gasteiger partial charge in [-0.25, -0.2) is 0 Å². The van der Waals surface area contributed by atoms with E-state index in [2.05, 4.69) is 5.32 Å². The molecule has 1 saturated heterocycles. The number of amides is 2. The molecule has 7 heteroatoms. The molecule has 1 rings (SSSR count). The van der Waals surface area contributed by atoms with Gasteiger partial charge in [0, 0.05) is 38.2 Å². The quantitative estimate of drug-likeness (QED) is 0.652. The van der Waals surface area contributed by atoms with Gasteiger partial charge in [0.1, 0.15) is 0 Å². The van der Waals surface area contributed by atoms with E-state index < -0.39 is 5.97 Å². The van der Waals surface area contributed by atoms with Crippen LogP contribution in [-0.4, -0.2) is 52.5 Å². The first-order chi connectivity index (χ1) is 8.09. The minimum Gasteiger partial charge on any atom is -0.481 e. The summed E-state index contributed by atoms with van der Waals surface area (Å²) in [6.45, 7) is 1.51. The van der Waals surface area contributed by atoms with Crippen molar-refractivity contribution in [3.8, 4) is 0 Å². The minimum atomic E-state index is -0.862. The molecule has 96 valence electrons. The lowest BCUT2D eigenvalue weighted by molar-refractivity contribution is -0.137. The Balaban J connectivity index is 2.05. The number of hydrogen-bond donors (Lipinski definition) is 2. The van der Waals surface area contributed by atoms with E-state index in [0.29, 0.717) is 26.1 Å². The third-order valence-corrected chi connectivity index (χ3v) is 3.24. The van der Waals surface area contributed by atoms with E-state index >= 15 is 0 Å². The molecule has 6 nitrogen and oxygen atoms in total. The van der Waals surface area contributed by atoms with Gasteiger partial charge >= 0.3 is 5.97 Å². The molecule has 1 aliphatic heterocycles. The summed E-state index contributed by atoms with van der Waals surface area (Å²) in [6, 6.07) is 0. The molecular weight excluding hydrogens is 244 g/mol. The maximum Gasteiger partial charge on any atom is 0.303 e. The van der Waals surface area contributed by atoms with Gasteiger partial charge in [-0.05, 0) is 6.42 Å². The number of nitrogens with one attached hydrogen (secondary N) is 1. The second-order valence-electron chi connectivity index (χ2n) is 3.70. The Hall–Kier alpha value is -1.24. The van der Waals surface area contributed by atoms with Crippen LogP contribution in [0.25, 0.3) is 0 Å². The Bertz CT molecular complexity index is 309. The van der Waals surface area contributed by atoms with Crippen LogP contribution in [0, 0.1) is 0 Å². The average molecular weight is 260 g/mol. The molecule has 0 atom stereocenters. The van der Waals surface area contributed by atoms with E-state index in [1.54, 1.807) is 4.90 Å². The van der Waals surface area contributed by atoms with Gasteiger partial charge in [-0.1, -0.05) is 11.8 Å². The Labute approximate surface area is 104 Å². The van der Waals surface area contributed by atoms with Crippen LogP contribution in [-0.2, 0) is 9.59 Å². The predicted octanol–water partition coefficient (Wildman–Crippen LogP) is 0.526. The summed E-state index contributed by atoms with van der Waals surface area (Å²) in [5.74, 6) is -0.210. The normalized spacial score (nSPS) is 15.1. The SMILES string of the molecule is O=C(O)CCCNC(=O)CCN1CCSC1=O. The van der Waals surface area contributed by atoms with E-state index in [-0.39, 0.29) is 24.0 Å². The number of carboxylic acid groups (broad SMARTS) is 1. The van der Waals surface area contributed by atoms with Crippen molar-refractivity contribution in [1.29, 1.82) is 0 Å². The van der Waals surface area contributed by atoms with Crippen molar-refractivity contribution in [3.05, 3.63) is 0 Å². The fourth-order valence-corrected chi connectivity index (χ4v) is 2.27. The zero-order valence-corrected chi connectivity index (χ0v) is 10.3. The third-order valence-electron chi connectivity index (χ3n) is 2.34. The molecule has 1 aliphatic rings. The summed E-state index contributed by atoms with van der Waals surface area (Å²) in [6.07, 6.45) is 0.764. The topological polar surface area (TPSA) is 86.7 Å². The second kappa shape index (κ2) is 7.16. The maximum absolute atomic E-state index is 11.3. The summed E-state index contributed by atoms with van der Waals surface area (Å²) in [4.78, 5) is 34.4. The summed E-state index contributed by atoms with van der Waals surface area (Å²) in [7, 11) is 0. The second-order valence-corrected chi connectivity index (χ2v) is 4.74. The van der Waals surface area contributed by atoms with E-state index in [1.165, 1.54) is 11.8 Å². The molecule has 2 N–H and O–H groups in total. The minimum absolute atomic E-state index is 0.0312. The van der Waals surface area contributed by atoms with Gasteiger partial charge in [0.05, 0.1) is 0 Å². The highest BCUT2D eigenvalue weighted by atomic mass is 32.2. The van der Waals surface area contributed by atoms with Crippen LogP contribution < -0.4 is 5.32 Å². The molecule has 0 spiro atoms. The summed E-state index contributed by atoms with van der Waals surface area (Å²) in [5.41, 5.74) is 0. The summed E-state index contributed by atoms with van der Waals surface area (Å²) in [5, 5.41) is 11.1. The van der Waals surface area contributed by atoms with Gasteiger partial charge in [-0.15, -0.1) is 0 Å². The lowest BCUT2D eigenvalue weighted by Gasteiger charge is -2.13. The third kappa shape index (κ3) is 5.58. The smallest absolute Gasteiger partial charge is 0.303 e. The largest absolute Gasteiger partial charge is 0.481 e. The van der Waals surface area contributed by atoms with E-state index in [1.807, 2.05) is 0 Å². The van der Waals surface area contributed by atoms with Gasteiger partial charge in [0.15, 0.2) is 0 Å². The number of carbonyl (C=O) groups excluding carboxylic acids is 2. The van der Waals surface area contributed by atoms with Crippen molar-refractivity contribution in [2.24, 2.45) is 0 Å². The predicted molar refractivity (Wildman–Crippen MR) is 63.9 cm³/mol. The summed E-state index contributed by atoms with van der Waals surface area (Å²) >= 11 is 1.27. The van der Waals surface area contributed by atoms with Crippen molar-refractivity contribution in [2.75, 3.05) is 25.4 Å². The van der Waals surface area contributed by atoms with Crippen LogP contribution in [0.15, 0.2) is 0 Å². The number of carbonyl (C=O) groups is 3. The molecule has 0 aromatic carbocycles. The van der Waals surface area contributed by atoms with Crippen molar-refractivity contribution < 1.29 is 19.5 Å². The molecule has 0 unspecified atom stereocenters. The van der Waals surface area contributed by atoms with Crippen molar-refractivity contribution in [3.63, 3.8) is 0 Å². The molecule has 0 aromatic rings. The standard InChI is InChI=1S/C10H16N2O4S/c13-8(11-4-1-2-9(14)15)3-5-12-6-7-17-10(12)16/h1-7H2,(H,11,13)(H,14,15). The monoisotopic (exact) mass is 260 g/mol. The molecule has 2 amide bonds. The van der Waals surface area contributed by atoms with Gasteiger partial charge < -0.3 is 15.3 Å². The van der Waals surface area contributed by atoms with Crippen LogP contribution >= 0.6 is 11.8 Å². The fourth-order valence-electron chi connectivity index (χ4n) is 1.42. The van der Waals surface area contributed by atoms with Crippen LogP contribution in [0.2, 0.25) is 0 Å². The molecule has 1 fully saturated rings. The van der Waals surface area contributed by atoms with Gasteiger partial charge in [-0.2, -0.15) is 0 Å². The van der Waals surface area contributed by atoms with Crippen molar-refractivity contribution in [1.82, 2.24) is 10.2 Å². The van der Waals surface area contributed by atoms with Gasteiger partial charge in [-0.3, -0.25) is 14.4 Å². The zero-order chi connectivity index (χ0) is 12.7. The Morgan fingerprint density at radius 1 is 1.41 bits per heavy atom. The Morgan fingerprint density at radius 2 is 2.18 bits per heavy atom. The maximum atomic E-state index is 11.3.